The smallest absolute Gasteiger partial charge is 0.129 e. The number of hydrogen-bond donors (Lipinski definition) is 1. The average Bonchev–Trinajstić information content (AvgIpc) is 2.33. The Hall–Kier alpha value is -1.23. The second-order valence-electron chi connectivity index (χ2n) is 3.94. The van der Waals surface area contributed by atoms with Crippen molar-refractivity contribution < 1.29 is 13.9 Å². The molecule has 1 heterocycles. The highest BCUT2D eigenvalue weighted by Gasteiger charge is 2.18. The zero-order chi connectivity index (χ0) is 14.0. The van der Waals surface area contributed by atoms with Crippen molar-refractivity contribution in [2.75, 3.05) is 0 Å². The third-order valence-corrected chi connectivity index (χ3v) is 3.12. The Balaban J connectivity index is 2.28. The number of aromatic nitrogens is 1. The fourth-order valence-electron chi connectivity index (χ4n) is 1.69. The molecular weight excluding hydrogens is 295 g/mol. The van der Waals surface area contributed by atoms with Gasteiger partial charge in [0.05, 0.1) is 15.7 Å². The first-order valence-electron chi connectivity index (χ1n) is 5.41. The number of hydrogen-bond acceptors (Lipinski definition) is 2. The molecule has 0 saturated heterocycles. The molecule has 1 aromatic carbocycles. The zero-order valence-electron chi connectivity index (χ0n) is 9.58. The van der Waals surface area contributed by atoms with Crippen molar-refractivity contribution in [2.24, 2.45) is 0 Å². The standard InChI is InChI=1S/C13H9Cl2F2NO/c14-7-4-9(15)13(18-6-7)12(19)5-8-10(16)2-1-3-11(8)17/h1-4,6,12,19H,5H2. The van der Waals surface area contributed by atoms with E-state index < -0.39 is 17.7 Å². The molecule has 0 bridgehead atoms. The number of aliphatic hydroxyl groups excluding tert-OH is 1. The maximum Gasteiger partial charge on any atom is 0.129 e. The summed E-state index contributed by atoms with van der Waals surface area (Å²) in [6, 6.07) is 4.92. The monoisotopic (exact) mass is 303 g/mol. The van der Waals surface area contributed by atoms with Crippen LogP contribution < -0.4 is 0 Å². The molecule has 100 valence electrons. The molecular formula is C13H9Cl2F2NO. The Kier molecular flexibility index (Phi) is 4.34. The van der Waals surface area contributed by atoms with Gasteiger partial charge in [0.25, 0.3) is 0 Å². The Labute approximate surface area is 118 Å². The minimum Gasteiger partial charge on any atom is -0.386 e. The van der Waals surface area contributed by atoms with E-state index in [-0.39, 0.29) is 22.7 Å². The number of aliphatic hydroxyl groups is 1. The van der Waals surface area contributed by atoms with Crippen LogP contribution in [0.25, 0.3) is 0 Å². The van der Waals surface area contributed by atoms with Gasteiger partial charge in [-0.1, -0.05) is 29.3 Å². The van der Waals surface area contributed by atoms with Gasteiger partial charge in [-0.3, -0.25) is 4.98 Å². The van der Waals surface area contributed by atoms with Crippen LogP contribution >= 0.6 is 23.2 Å². The van der Waals surface area contributed by atoms with Gasteiger partial charge in [0, 0.05) is 18.2 Å². The minimum atomic E-state index is -1.21. The van der Waals surface area contributed by atoms with Crippen LogP contribution in [0.2, 0.25) is 10.0 Å². The van der Waals surface area contributed by atoms with Crippen molar-refractivity contribution in [2.45, 2.75) is 12.5 Å². The van der Waals surface area contributed by atoms with Crippen LogP contribution in [0, 0.1) is 11.6 Å². The summed E-state index contributed by atoms with van der Waals surface area (Å²) in [5.74, 6) is -1.44. The van der Waals surface area contributed by atoms with Gasteiger partial charge in [-0.05, 0) is 18.2 Å². The van der Waals surface area contributed by atoms with E-state index in [9.17, 15) is 13.9 Å². The zero-order valence-corrected chi connectivity index (χ0v) is 11.1. The van der Waals surface area contributed by atoms with Gasteiger partial charge in [-0.2, -0.15) is 0 Å². The number of rotatable bonds is 3. The van der Waals surface area contributed by atoms with Crippen molar-refractivity contribution >= 4 is 23.2 Å². The van der Waals surface area contributed by atoms with Crippen LogP contribution in [0.5, 0.6) is 0 Å². The first kappa shape index (κ1) is 14.2. The summed E-state index contributed by atoms with van der Waals surface area (Å²) in [6.45, 7) is 0. The second-order valence-corrected chi connectivity index (χ2v) is 4.78. The molecule has 0 amide bonds. The first-order chi connectivity index (χ1) is 8.99. The van der Waals surface area contributed by atoms with E-state index in [1.165, 1.54) is 18.3 Å². The van der Waals surface area contributed by atoms with Gasteiger partial charge in [-0.25, -0.2) is 8.78 Å². The summed E-state index contributed by atoms with van der Waals surface area (Å²) in [7, 11) is 0. The normalized spacial score (nSPS) is 12.5. The summed E-state index contributed by atoms with van der Waals surface area (Å²) in [6.07, 6.45) is -0.160. The number of benzene rings is 1. The molecule has 0 aliphatic heterocycles. The molecule has 6 heteroatoms. The summed E-state index contributed by atoms with van der Waals surface area (Å²) >= 11 is 11.6. The Morgan fingerprint density at radius 2 is 1.84 bits per heavy atom. The minimum absolute atomic E-state index is 0.133. The molecule has 19 heavy (non-hydrogen) atoms. The third kappa shape index (κ3) is 3.21. The number of halogens is 4. The largest absolute Gasteiger partial charge is 0.386 e. The fraction of sp³-hybridized carbons (Fsp3) is 0.154. The van der Waals surface area contributed by atoms with E-state index in [2.05, 4.69) is 4.98 Å². The van der Waals surface area contributed by atoms with E-state index in [1.54, 1.807) is 0 Å². The molecule has 1 unspecified atom stereocenters. The molecule has 0 spiro atoms. The van der Waals surface area contributed by atoms with Gasteiger partial charge in [0.15, 0.2) is 0 Å². The van der Waals surface area contributed by atoms with Crippen LogP contribution in [-0.2, 0) is 6.42 Å². The van der Waals surface area contributed by atoms with Crippen LogP contribution in [-0.4, -0.2) is 10.1 Å². The molecule has 0 fully saturated rings. The van der Waals surface area contributed by atoms with E-state index >= 15 is 0 Å². The molecule has 1 N–H and O–H groups in total. The lowest BCUT2D eigenvalue weighted by molar-refractivity contribution is 0.171. The topological polar surface area (TPSA) is 33.1 Å². The third-order valence-electron chi connectivity index (χ3n) is 2.61. The highest BCUT2D eigenvalue weighted by atomic mass is 35.5. The van der Waals surface area contributed by atoms with Crippen molar-refractivity contribution in [3.05, 3.63) is 63.4 Å². The lowest BCUT2D eigenvalue weighted by Crippen LogP contribution is -2.08. The van der Waals surface area contributed by atoms with E-state index in [0.717, 1.165) is 12.1 Å². The van der Waals surface area contributed by atoms with Gasteiger partial charge >= 0.3 is 0 Å². The Bertz CT molecular complexity index is 587. The molecule has 1 atom stereocenters. The molecule has 0 radical (unpaired) electrons. The van der Waals surface area contributed by atoms with E-state index in [1.807, 2.05) is 0 Å². The number of pyridine rings is 1. The predicted molar refractivity (Wildman–Crippen MR) is 69.3 cm³/mol. The molecule has 1 aromatic heterocycles. The average molecular weight is 304 g/mol. The molecule has 2 rings (SSSR count). The van der Waals surface area contributed by atoms with Crippen molar-refractivity contribution in [3.63, 3.8) is 0 Å². The SMILES string of the molecule is OC(Cc1c(F)cccc1F)c1ncc(Cl)cc1Cl. The maximum absolute atomic E-state index is 13.5. The summed E-state index contributed by atoms with van der Waals surface area (Å²) in [5.41, 5.74) is -0.0727. The first-order valence-corrected chi connectivity index (χ1v) is 6.16. The highest BCUT2D eigenvalue weighted by molar-refractivity contribution is 6.34. The lowest BCUT2D eigenvalue weighted by Gasteiger charge is -2.13. The van der Waals surface area contributed by atoms with Crippen LogP contribution in [0.15, 0.2) is 30.5 Å². The van der Waals surface area contributed by atoms with Gasteiger partial charge in [-0.15, -0.1) is 0 Å². The van der Waals surface area contributed by atoms with E-state index in [0.29, 0.717) is 5.02 Å². The summed E-state index contributed by atoms with van der Waals surface area (Å²) < 4.78 is 26.9. The molecule has 0 aliphatic carbocycles. The Morgan fingerprint density at radius 3 is 2.42 bits per heavy atom. The number of nitrogens with zero attached hydrogens (tertiary/aromatic N) is 1. The summed E-state index contributed by atoms with van der Waals surface area (Å²) in [5, 5.41) is 10.4. The predicted octanol–water partition coefficient (Wildman–Crippen LogP) is 3.94. The summed E-state index contributed by atoms with van der Waals surface area (Å²) in [4.78, 5) is 3.87. The van der Waals surface area contributed by atoms with Crippen LogP contribution in [0.4, 0.5) is 8.78 Å². The van der Waals surface area contributed by atoms with Gasteiger partial charge < -0.3 is 5.11 Å². The second kappa shape index (κ2) is 5.82. The van der Waals surface area contributed by atoms with Crippen molar-refractivity contribution in [3.8, 4) is 0 Å². The maximum atomic E-state index is 13.5. The molecule has 2 nitrogen and oxygen atoms in total. The van der Waals surface area contributed by atoms with Crippen molar-refractivity contribution in [1.29, 1.82) is 0 Å². The van der Waals surface area contributed by atoms with Gasteiger partial charge in [0.1, 0.15) is 17.7 Å². The highest BCUT2D eigenvalue weighted by Crippen LogP contribution is 2.27. The molecule has 2 aromatic rings. The molecule has 0 saturated carbocycles. The Morgan fingerprint density at radius 1 is 1.21 bits per heavy atom. The van der Waals surface area contributed by atoms with Crippen LogP contribution in [0.3, 0.4) is 0 Å². The van der Waals surface area contributed by atoms with Crippen LogP contribution in [0.1, 0.15) is 17.4 Å². The fourth-order valence-corrected chi connectivity index (χ4v) is 2.19. The van der Waals surface area contributed by atoms with Crippen molar-refractivity contribution in [1.82, 2.24) is 4.98 Å². The van der Waals surface area contributed by atoms with Gasteiger partial charge in [0.2, 0.25) is 0 Å². The van der Waals surface area contributed by atoms with E-state index in [4.69, 9.17) is 23.2 Å². The lowest BCUT2D eigenvalue weighted by atomic mass is 10.0. The quantitative estimate of drug-likeness (QED) is 0.931. The molecule has 0 aliphatic rings.